The lowest BCUT2D eigenvalue weighted by Crippen LogP contribution is -2.17. The van der Waals surface area contributed by atoms with Gasteiger partial charge in [0.15, 0.2) is 0 Å². The quantitative estimate of drug-likeness (QED) is 0.813. The van der Waals surface area contributed by atoms with E-state index in [9.17, 15) is 13.2 Å². The highest BCUT2D eigenvalue weighted by molar-refractivity contribution is 6.33. The molecule has 1 aromatic carbocycles. The van der Waals surface area contributed by atoms with Crippen LogP contribution in [0.3, 0.4) is 0 Å². The van der Waals surface area contributed by atoms with E-state index in [1.165, 1.54) is 0 Å². The van der Waals surface area contributed by atoms with Gasteiger partial charge in [0.25, 0.3) is 0 Å². The van der Waals surface area contributed by atoms with E-state index in [0.717, 1.165) is 23.4 Å². The molecule has 0 bridgehead atoms. The molecule has 2 N–H and O–H groups in total. The Labute approximate surface area is 124 Å². The molecule has 21 heavy (non-hydrogen) atoms. The first kappa shape index (κ1) is 14.0. The predicted octanol–water partition coefficient (Wildman–Crippen LogP) is 3.86. The zero-order valence-corrected chi connectivity index (χ0v) is 11.5. The molecule has 0 unspecified atom stereocenters. The fourth-order valence-corrected chi connectivity index (χ4v) is 2.67. The maximum atomic E-state index is 12.6. The van der Waals surface area contributed by atoms with E-state index in [1.54, 1.807) is 6.07 Å². The fourth-order valence-electron chi connectivity index (χ4n) is 2.38. The number of benzene rings is 1. The summed E-state index contributed by atoms with van der Waals surface area (Å²) >= 11 is 5.96. The van der Waals surface area contributed by atoms with E-state index in [0.29, 0.717) is 24.6 Å². The molecule has 0 spiro atoms. The normalized spacial score (nSPS) is 14.4. The summed E-state index contributed by atoms with van der Waals surface area (Å²) in [5.74, 6) is 0.347. The SMILES string of the molecule is Nc1ccc2c(c1)CN(c1ncc(C(F)(F)F)cc1Cl)C2. The van der Waals surface area contributed by atoms with Gasteiger partial charge in [-0.05, 0) is 29.3 Å². The molecule has 0 radical (unpaired) electrons. The van der Waals surface area contributed by atoms with Crippen LogP contribution in [0.2, 0.25) is 5.02 Å². The number of hydrogen-bond acceptors (Lipinski definition) is 3. The van der Waals surface area contributed by atoms with Crippen molar-refractivity contribution in [1.29, 1.82) is 0 Å². The van der Waals surface area contributed by atoms with Gasteiger partial charge in [-0.25, -0.2) is 4.98 Å². The van der Waals surface area contributed by atoms with Crippen molar-refractivity contribution < 1.29 is 13.2 Å². The van der Waals surface area contributed by atoms with Gasteiger partial charge in [-0.15, -0.1) is 0 Å². The molecule has 0 atom stereocenters. The maximum Gasteiger partial charge on any atom is 0.417 e. The summed E-state index contributed by atoms with van der Waals surface area (Å²) < 4.78 is 37.8. The second-order valence-electron chi connectivity index (χ2n) is 4.91. The van der Waals surface area contributed by atoms with E-state index in [-0.39, 0.29) is 5.02 Å². The lowest BCUT2D eigenvalue weighted by Gasteiger charge is -2.18. The second-order valence-corrected chi connectivity index (χ2v) is 5.32. The molecule has 1 aliphatic heterocycles. The molecule has 1 aliphatic rings. The first-order valence-corrected chi connectivity index (χ1v) is 6.57. The third-order valence-electron chi connectivity index (χ3n) is 3.40. The summed E-state index contributed by atoms with van der Waals surface area (Å²) in [5, 5.41) is -0.00870. The van der Waals surface area contributed by atoms with Crippen molar-refractivity contribution in [2.24, 2.45) is 0 Å². The molecule has 3 rings (SSSR count). The zero-order valence-electron chi connectivity index (χ0n) is 10.8. The summed E-state index contributed by atoms with van der Waals surface area (Å²) in [6, 6.07) is 6.46. The van der Waals surface area contributed by atoms with Crippen LogP contribution in [-0.4, -0.2) is 4.98 Å². The molecule has 2 aromatic rings. The number of fused-ring (bicyclic) bond motifs is 1. The van der Waals surface area contributed by atoms with Gasteiger partial charge in [0, 0.05) is 25.0 Å². The standard InChI is InChI=1S/C14H11ClF3N3/c15-12-4-10(14(16,17)18)5-20-13(12)21-6-8-1-2-11(19)3-9(8)7-21/h1-5H,6-7,19H2. The largest absolute Gasteiger partial charge is 0.417 e. The number of rotatable bonds is 1. The third-order valence-corrected chi connectivity index (χ3v) is 3.68. The number of nitrogens with two attached hydrogens (primary N) is 1. The predicted molar refractivity (Wildman–Crippen MR) is 75.0 cm³/mol. The lowest BCUT2D eigenvalue weighted by molar-refractivity contribution is -0.137. The van der Waals surface area contributed by atoms with Crippen molar-refractivity contribution in [1.82, 2.24) is 4.98 Å². The Morgan fingerprint density at radius 1 is 1.14 bits per heavy atom. The molecule has 0 saturated heterocycles. The smallest absolute Gasteiger partial charge is 0.399 e. The molecule has 1 aromatic heterocycles. The Hall–Kier alpha value is -1.95. The molecule has 7 heteroatoms. The van der Waals surface area contributed by atoms with Crippen molar-refractivity contribution in [3.8, 4) is 0 Å². The number of alkyl halides is 3. The third kappa shape index (κ3) is 2.63. The number of nitrogen functional groups attached to an aromatic ring is 1. The van der Waals surface area contributed by atoms with Crippen LogP contribution < -0.4 is 10.6 Å². The Morgan fingerprint density at radius 2 is 1.86 bits per heavy atom. The van der Waals surface area contributed by atoms with Crippen molar-refractivity contribution in [2.75, 3.05) is 10.6 Å². The van der Waals surface area contributed by atoms with Crippen LogP contribution in [0.4, 0.5) is 24.7 Å². The van der Waals surface area contributed by atoms with Crippen molar-refractivity contribution in [3.05, 3.63) is 52.2 Å². The van der Waals surface area contributed by atoms with E-state index in [1.807, 2.05) is 17.0 Å². The average molecular weight is 314 g/mol. The average Bonchev–Trinajstić information content (AvgIpc) is 2.80. The van der Waals surface area contributed by atoms with Gasteiger partial charge >= 0.3 is 6.18 Å². The number of pyridine rings is 1. The van der Waals surface area contributed by atoms with Crippen molar-refractivity contribution >= 4 is 23.1 Å². The highest BCUT2D eigenvalue weighted by atomic mass is 35.5. The summed E-state index contributed by atoms with van der Waals surface area (Å²) in [6.45, 7) is 1.08. The maximum absolute atomic E-state index is 12.6. The van der Waals surface area contributed by atoms with Crippen LogP contribution in [-0.2, 0) is 19.3 Å². The van der Waals surface area contributed by atoms with Gasteiger partial charge < -0.3 is 10.6 Å². The minimum Gasteiger partial charge on any atom is -0.399 e. The molecule has 3 nitrogen and oxygen atoms in total. The lowest BCUT2D eigenvalue weighted by atomic mass is 10.1. The Balaban J connectivity index is 1.90. The molecule has 0 amide bonds. The van der Waals surface area contributed by atoms with Crippen molar-refractivity contribution in [2.45, 2.75) is 19.3 Å². The highest BCUT2D eigenvalue weighted by Crippen LogP contribution is 2.36. The van der Waals surface area contributed by atoms with Crippen LogP contribution in [0.1, 0.15) is 16.7 Å². The van der Waals surface area contributed by atoms with E-state index >= 15 is 0 Å². The summed E-state index contributed by atoms with van der Waals surface area (Å²) in [7, 11) is 0. The van der Waals surface area contributed by atoms with Gasteiger partial charge in [0.05, 0.1) is 10.6 Å². The Bertz CT molecular complexity index is 700. The number of anilines is 2. The zero-order chi connectivity index (χ0) is 15.2. The number of aromatic nitrogens is 1. The minimum absolute atomic E-state index is 0.00870. The molecule has 2 heterocycles. The van der Waals surface area contributed by atoms with Crippen molar-refractivity contribution in [3.63, 3.8) is 0 Å². The van der Waals surface area contributed by atoms with Crippen LogP contribution in [0, 0.1) is 0 Å². The monoisotopic (exact) mass is 313 g/mol. The molecular weight excluding hydrogens is 303 g/mol. The first-order valence-electron chi connectivity index (χ1n) is 6.19. The first-order chi connectivity index (χ1) is 9.84. The number of hydrogen-bond donors (Lipinski definition) is 1. The summed E-state index contributed by atoms with van der Waals surface area (Å²) in [5.41, 5.74) is 7.64. The topological polar surface area (TPSA) is 42.1 Å². The summed E-state index contributed by atoms with van der Waals surface area (Å²) in [4.78, 5) is 5.70. The number of nitrogens with zero attached hydrogens (tertiary/aromatic N) is 2. The van der Waals surface area contributed by atoms with Gasteiger partial charge in [-0.2, -0.15) is 13.2 Å². The Kier molecular flexibility index (Phi) is 3.20. The minimum atomic E-state index is -4.45. The molecular formula is C14H11ClF3N3. The Morgan fingerprint density at radius 3 is 2.52 bits per heavy atom. The van der Waals surface area contributed by atoms with Crippen LogP contribution in [0.5, 0.6) is 0 Å². The van der Waals surface area contributed by atoms with E-state index in [2.05, 4.69) is 4.98 Å². The van der Waals surface area contributed by atoms with Crippen LogP contribution >= 0.6 is 11.6 Å². The molecule has 0 saturated carbocycles. The molecule has 110 valence electrons. The van der Waals surface area contributed by atoms with Gasteiger partial charge in [0.1, 0.15) is 5.82 Å². The second kappa shape index (κ2) is 4.80. The molecule has 0 aliphatic carbocycles. The van der Waals surface area contributed by atoms with Crippen LogP contribution in [0.15, 0.2) is 30.5 Å². The molecule has 0 fully saturated rings. The van der Waals surface area contributed by atoms with Crippen LogP contribution in [0.25, 0.3) is 0 Å². The highest BCUT2D eigenvalue weighted by Gasteiger charge is 2.32. The van der Waals surface area contributed by atoms with Gasteiger partial charge in [0.2, 0.25) is 0 Å². The number of halogens is 4. The summed E-state index contributed by atoms with van der Waals surface area (Å²) in [6.07, 6.45) is -3.64. The van der Waals surface area contributed by atoms with E-state index < -0.39 is 11.7 Å². The van der Waals surface area contributed by atoms with Gasteiger partial charge in [-0.1, -0.05) is 17.7 Å². The van der Waals surface area contributed by atoms with Gasteiger partial charge in [-0.3, -0.25) is 0 Å². The fraction of sp³-hybridized carbons (Fsp3) is 0.214. The van der Waals surface area contributed by atoms with E-state index in [4.69, 9.17) is 17.3 Å².